The Kier molecular flexibility index (Phi) is 7.75. The first-order chi connectivity index (χ1) is 14.1. The molecular formula is C24H31ClN2O3. The van der Waals surface area contributed by atoms with E-state index in [1.165, 1.54) is 0 Å². The number of aromatic nitrogens is 2. The van der Waals surface area contributed by atoms with Crippen molar-refractivity contribution in [3.63, 3.8) is 0 Å². The number of rotatable bonds is 7. The molecule has 1 aliphatic rings. The number of aliphatic hydroxyl groups excluding tert-OH is 1. The summed E-state index contributed by atoms with van der Waals surface area (Å²) in [7, 11) is 0. The van der Waals surface area contributed by atoms with Crippen molar-refractivity contribution in [2.24, 2.45) is 0 Å². The second-order valence-corrected chi connectivity index (χ2v) is 8.11. The van der Waals surface area contributed by atoms with Crippen LogP contribution in [0.1, 0.15) is 49.9 Å². The molecule has 4 rings (SSSR count). The Morgan fingerprint density at radius 2 is 1.80 bits per heavy atom. The van der Waals surface area contributed by atoms with Crippen LogP contribution >= 0.6 is 12.4 Å². The van der Waals surface area contributed by atoms with E-state index in [2.05, 4.69) is 30.5 Å². The van der Waals surface area contributed by atoms with Crippen molar-refractivity contribution >= 4 is 23.4 Å². The van der Waals surface area contributed by atoms with Crippen molar-refractivity contribution in [1.82, 2.24) is 9.55 Å². The highest BCUT2D eigenvalue weighted by molar-refractivity contribution is 5.85. The largest absolute Gasteiger partial charge is 0.491 e. The fraction of sp³-hybridized carbons (Fsp3) is 0.458. The van der Waals surface area contributed by atoms with Crippen LogP contribution in [0.15, 0.2) is 48.5 Å². The highest BCUT2D eigenvalue weighted by Crippen LogP contribution is 2.30. The first-order valence-corrected chi connectivity index (χ1v) is 10.6. The predicted molar refractivity (Wildman–Crippen MR) is 122 cm³/mol. The molecule has 0 saturated carbocycles. The van der Waals surface area contributed by atoms with Crippen LogP contribution in [-0.4, -0.2) is 40.6 Å². The Morgan fingerprint density at radius 1 is 1.10 bits per heavy atom. The monoisotopic (exact) mass is 430 g/mol. The van der Waals surface area contributed by atoms with Gasteiger partial charge < -0.3 is 19.1 Å². The number of para-hydroxylation sites is 3. The molecule has 0 aliphatic carbocycles. The van der Waals surface area contributed by atoms with E-state index in [0.29, 0.717) is 18.4 Å². The number of hydrogen-bond donors (Lipinski definition) is 1. The smallest absolute Gasteiger partial charge is 0.122 e. The molecule has 0 amide bonds. The van der Waals surface area contributed by atoms with Gasteiger partial charge in [0.2, 0.25) is 0 Å². The molecule has 1 aromatic heterocycles. The zero-order chi connectivity index (χ0) is 20.2. The summed E-state index contributed by atoms with van der Waals surface area (Å²) in [5.74, 6) is 2.64. The molecule has 162 valence electrons. The summed E-state index contributed by atoms with van der Waals surface area (Å²) in [5.41, 5.74) is 3.21. The fourth-order valence-electron chi connectivity index (χ4n) is 4.09. The summed E-state index contributed by atoms with van der Waals surface area (Å²) in [6, 6.07) is 16.2. The topological polar surface area (TPSA) is 56.5 Å². The van der Waals surface area contributed by atoms with Gasteiger partial charge >= 0.3 is 0 Å². The van der Waals surface area contributed by atoms with Crippen LogP contribution in [0.4, 0.5) is 0 Å². The van der Waals surface area contributed by atoms with Gasteiger partial charge in [-0.25, -0.2) is 4.98 Å². The molecule has 1 atom stereocenters. The number of hydrogen-bond acceptors (Lipinski definition) is 4. The van der Waals surface area contributed by atoms with E-state index in [1.54, 1.807) is 0 Å². The Morgan fingerprint density at radius 3 is 2.57 bits per heavy atom. The second kappa shape index (κ2) is 10.3. The van der Waals surface area contributed by atoms with E-state index in [-0.39, 0.29) is 19.0 Å². The van der Waals surface area contributed by atoms with Gasteiger partial charge in [0.15, 0.2) is 0 Å². The summed E-state index contributed by atoms with van der Waals surface area (Å²) >= 11 is 0. The zero-order valence-corrected chi connectivity index (χ0v) is 18.5. The molecule has 1 unspecified atom stereocenters. The van der Waals surface area contributed by atoms with Crippen LogP contribution < -0.4 is 4.74 Å². The van der Waals surface area contributed by atoms with Crippen molar-refractivity contribution in [3.8, 4) is 5.75 Å². The maximum atomic E-state index is 10.8. The normalized spacial score (nSPS) is 15.9. The lowest BCUT2D eigenvalue weighted by Crippen LogP contribution is -2.26. The minimum atomic E-state index is -0.619. The molecule has 30 heavy (non-hydrogen) atoms. The number of halogens is 1. The average Bonchev–Trinajstić information content (AvgIpc) is 3.11. The lowest BCUT2D eigenvalue weighted by molar-refractivity contribution is 0.0779. The van der Waals surface area contributed by atoms with Crippen LogP contribution in [0.5, 0.6) is 5.75 Å². The first kappa shape index (κ1) is 22.6. The Balaban J connectivity index is 0.00000256. The molecule has 1 saturated heterocycles. The van der Waals surface area contributed by atoms with Gasteiger partial charge in [0.1, 0.15) is 24.3 Å². The molecular weight excluding hydrogens is 400 g/mol. The zero-order valence-electron chi connectivity index (χ0n) is 17.7. The molecule has 2 heterocycles. The maximum absolute atomic E-state index is 10.8. The van der Waals surface area contributed by atoms with Gasteiger partial charge in [-0.2, -0.15) is 0 Å². The predicted octanol–water partition coefficient (Wildman–Crippen LogP) is 4.92. The first-order valence-electron chi connectivity index (χ1n) is 10.6. The molecule has 0 radical (unpaired) electrons. The second-order valence-electron chi connectivity index (χ2n) is 8.11. The lowest BCUT2D eigenvalue weighted by atomic mass is 9.99. The average molecular weight is 431 g/mol. The number of fused-ring (bicyclic) bond motifs is 1. The van der Waals surface area contributed by atoms with E-state index in [4.69, 9.17) is 14.5 Å². The van der Waals surface area contributed by atoms with Crippen LogP contribution in [-0.2, 0) is 11.3 Å². The molecule has 1 fully saturated rings. The Hall–Kier alpha value is -2.08. The van der Waals surface area contributed by atoms with E-state index >= 15 is 0 Å². The van der Waals surface area contributed by atoms with Gasteiger partial charge in [-0.15, -0.1) is 12.4 Å². The molecule has 6 heteroatoms. The molecule has 0 spiro atoms. The van der Waals surface area contributed by atoms with E-state index in [1.807, 2.05) is 36.4 Å². The van der Waals surface area contributed by atoms with E-state index in [9.17, 15) is 5.11 Å². The molecule has 5 nitrogen and oxygen atoms in total. The summed E-state index contributed by atoms with van der Waals surface area (Å²) in [5, 5.41) is 10.8. The lowest BCUT2D eigenvalue weighted by Gasteiger charge is -2.24. The third kappa shape index (κ3) is 4.97. The summed E-state index contributed by atoms with van der Waals surface area (Å²) < 4.78 is 13.7. The van der Waals surface area contributed by atoms with Gasteiger partial charge in [-0.3, -0.25) is 0 Å². The van der Waals surface area contributed by atoms with Gasteiger partial charge in [0.05, 0.1) is 17.6 Å². The van der Waals surface area contributed by atoms with Gasteiger partial charge in [-0.1, -0.05) is 44.2 Å². The molecule has 1 aliphatic heterocycles. The van der Waals surface area contributed by atoms with E-state index in [0.717, 1.165) is 54.2 Å². The number of nitrogens with zero attached hydrogens (tertiary/aromatic N) is 2. The van der Waals surface area contributed by atoms with Crippen molar-refractivity contribution in [2.45, 2.75) is 51.2 Å². The summed E-state index contributed by atoms with van der Waals surface area (Å²) in [6.07, 6.45) is 1.32. The van der Waals surface area contributed by atoms with Gasteiger partial charge in [0, 0.05) is 19.1 Å². The molecule has 2 aromatic carbocycles. The third-order valence-electron chi connectivity index (χ3n) is 5.64. The van der Waals surface area contributed by atoms with Crippen LogP contribution in [0.3, 0.4) is 0 Å². The van der Waals surface area contributed by atoms with Gasteiger partial charge in [-0.05, 0) is 42.5 Å². The van der Waals surface area contributed by atoms with Crippen LogP contribution in [0.2, 0.25) is 0 Å². The maximum Gasteiger partial charge on any atom is 0.122 e. The third-order valence-corrected chi connectivity index (χ3v) is 5.64. The number of imidazole rings is 1. The van der Waals surface area contributed by atoms with Crippen molar-refractivity contribution in [3.05, 3.63) is 59.9 Å². The standard InChI is InChI=1S/C24H30N2O3.ClH/c1-17(2)20-7-3-6-10-23(20)29-16-19(27)15-26-22-9-5-4-8-21(22)25-24(26)18-11-13-28-14-12-18;/h3-10,17-19,27H,11-16H2,1-2H3;1H. The molecule has 1 N–H and O–H groups in total. The van der Waals surface area contributed by atoms with Crippen LogP contribution in [0, 0.1) is 0 Å². The quantitative estimate of drug-likeness (QED) is 0.578. The minimum Gasteiger partial charge on any atom is -0.491 e. The SMILES string of the molecule is CC(C)c1ccccc1OCC(O)Cn1c(C2CCOCC2)nc2ccccc21.Cl. The van der Waals surface area contributed by atoms with E-state index < -0.39 is 6.10 Å². The Bertz CT molecular complexity index is 951. The number of aliphatic hydroxyl groups is 1. The van der Waals surface area contributed by atoms with Crippen molar-refractivity contribution < 1.29 is 14.6 Å². The van der Waals surface area contributed by atoms with Gasteiger partial charge in [0.25, 0.3) is 0 Å². The molecule has 3 aromatic rings. The minimum absolute atomic E-state index is 0. The number of benzene rings is 2. The highest BCUT2D eigenvalue weighted by atomic mass is 35.5. The fourth-order valence-corrected chi connectivity index (χ4v) is 4.09. The van der Waals surface area contributed by atoms with Crippen LogP contribution in [0.25, 0.3) is 11.0 Å². The Labute approximate surface area is 184 Å². The summed E-state index contributed by atoms with van der Waals surface area (Å²) in [4.78, 5) is 4.90. The van der Waals surface area contributed by atoms with Crippen molar-refractivity contribution in [1.29, 1.82) is 0 Å². The number of ether oxygens (including phenoxy) is 2. The molecule has 0 bridgehead atoms. The summed E-state index contributed by atoms with van der Waals surface area (Å²) in [6.45, 7) is 6.56. The van der Waals surface area contributed by atoms with Crippen molar-refractivity contribution in [2.75, 3.05) is 19.8 Å². The highest BCUT2D eigenvalue weighted by Gasteiger charge is 2.24.